The second-order valence-corrected chi connectivity index (χ2v) is 6.71. The van der Waals surface area contributed by atoms with Crippen LogP contribution in [0.2, 0.25) is 0 Å². The van der Waals surface area contributed by atoms with Crippen molar-refractivity contribution < 1.29 is 17.2 Å². The number of rotatable bonds is 3. The van der Waals surface area contributed by atoms with E-state index < -0.39 is 26.6 Å². The van der Waals surface area contributed by atoms with Crippen molar-refractivity contribution in [1.29, 1.82) is 0 Å². The molecule has 0 saturated carbocycles. The number of hydrogen-bond donors (Lipinski definition) is 1. The summed E-state index contributed by atoms with van der Waals surface area (Å²) in [6.45, 7) is 1.80. The van der Waals surface area contributed by atoms with Gasteiger partial charge in [0.1, 0.15) is 11.6 Å². The first kappa shape index (κ1) is 14.9. The highest BCUT2D eigenvalue weighted by molar-refractivity contribution is 9.10. The van der Waals surface area contributed by atoms with Crippen LogP contribution in [-0.4, -0.2) is 8.42 Å². The first-order valence-corrected chi connectivity index (χ1v) is 7.80. The predicted molar refractivity (Wildman–Crippen MR) is 76.0 cm³/mol. The van der Waals surface area contributed by atoms with Crippen LogP contribution in [0.5, 0.6) is 0 Å². The van der Waals surface area contributed by atoms with E-state index in [0.717, 1.165) is 22.2 Å². The molecule has 0 spiro atoms. The molecule has 106 valence electrons. The zero-order valence-electron chi connectivity index (χ0n) is 10.3. The van der Waals surface area contributed by atoms with Crippen molar-refractivity contribution in [2.75, 3.05) is 4.72 Å². The van der Waals surface area contributed by atoms with Gasteiger partial charge in [0.25, 0.3) is 10.0 Å². The molecule has 0 amide bonds. The third kappa shape index (κ3) is 3.34. The first-order valence-electron chi connectivity index (χ1n) is 5.53. The summed E-state index contributed by atoms with van der Waals surface area (Å²) >= 11 is 3.30. The largest absolute Gasteiger partial charge is 0.280 e. The van der Waals surface area contributed by atoms with Crippen molar-refractivity contribution in [3.63, 3.8) is 0 Å². The molecule has 0 bridgehead atoms. The highest BCUT2D eigenvalue weighted by Gasteiger charge is 2.16. The minimum absolute atomic E-state index is 0.315. The van der Waals surface area contributed by atoms with Gasteiger partial charge in [-0.05, 0) is 42.8 Å². The molecule has 2 aromatic carbocycles. The molecule has 0 atom stereocenters. The second kappa shape index (κ2) is 5.49. The third-order valence-corrected chi connectivity index (χ3v) is 4.81. The molecular weight excluding hydrogens is 352 g/mol. The van der Waals surface area contributed by atoms with Crippen LogP contribution in [0.25, 0.3) is 0 Å². The van der Waals surface area contributed by atoms with Gasteiger partial charge in [-0.1, -0.05) is 15.9 Å². The van der Waals surface area contributed by atoms with Crippen LogP contribution >= 0.6 is 15.9 Å². The number of benzene rings is 2. The maximum absolute atomic E-state index is 13.1. The van der Waals surface area contributed by atoms with Crippen LogP contribution in [0.1, 0.15) is 5.56 Å². The number of hydrogen-bond acceptors (Lipinski definition) is 2. The van der Waals surface area contributed by atoms with E-state index in [0.29, 0.717) is 11.8 Å². The zero-order valence-corrected chi connectivity index (χ0v) is 12.7. The van der Waals surface area contributed by atoms with E-state index in [1.165, 1.54) is 0 Å². The van der Waals surface area contributed by atoms with Crippen LogP contribution in [0.3, 0.4) is 0 Å². The van der Waals surface area contributed by atoms with E-state index in [1.807, 2.05) is 0 Å². The Kier molecular flexibility index (Phi) is 4.10. The summed E-state index contributed by atoms with van der Waals surface area (Å²) in [6.07, 6.45) is 0. The Balaban J connectivity index is 2.37. The van der Waals surface area contributed by atoms with Crippen LogP contribution in [0, 0.1) is 18.6 Å². The number of nitrogens with one attached hydrogen (secondary N) is 1. The highest BCUT2D eigenvalue weighted by atomic mass is 79.9. The second-order valence-electron chi connectivity index (χ2n) is 4.17. The fraction of sp³-hybridized carbons (Fsp3) is 0.0769. The lowest BCUT2D eigenvalue weighted by Gasteiger charge is -2.09. The number of sulfonamides is 1. The van der Waals surface area contributed by atoms with E-state index in [-0.39, 0.29) is 0 Å². The minimum Gasteiger partial charge on any atom is -0.280 e. The van der Waals surface area contributed by atoms with Crippen LogP contribution in [0.15, 0.2) is 45.8 Å². The van der Waals surface area contributed by atoms with Crippen molar-refractivity contribution in [2.45, 2.75) is 11.8 Å². The number of halogens is 3. The van der Waals surface area contributed by atoms with Gasteiger partial charge in [0.05, 0.1) is 4.90 Å². The summed E-state index contributed by atoms with van der Waals surface area (Å²) in [5.41, 5.74) is 1.14. The van der Waals surface area contributed by atoms with Gasteiger partial charge in [0.2, 0.25) is 0 Å². The quantitative estimate of drug-likeness (QED) is 0.902. The molecular formula is C13H10BrF2NO2S. The smallest absolute Gasteiger partial charge is 0.262 e. The van der Waals surface area contributed by atoms with E-state index in [9.17, 15) is 17.2 Å². The van der Waals surface area contributed by atoms with Gasteiger partial charge >= 0.3 is 0 Å². The highest BCUT2D eigenvalue weighted by Crippen LogP contribution is 2.23. The molecule has 0 radical (unpaired) electrons. The Hall–Kier alpha value is -1.47. The van der Waals surface area contributed by atoms with Crippen molar-refractivity contribution in [3.05, 3.63) is 58.1 Å². The summed E-state index contributed by atoms with van der Waals surface area (Å²) in [6, 6.07) is 6.97. The summed E-state index contributed by atoms with van der Waals surface area (Å²) in [5, 5.41) is 0. The molecule has 0 aromatic heterocycles. The van der Waals surface area contributed by atoms with Crippen LogP contribution in [0.4, 0.5) is 14.5 Å². The molecule has 0 unspecified atom stereocenters. The maximum Gasteiger partial charge on any atom is 0.262 e. The van der Waals surface area contributed by atoms with Gasteiger partial charge in [0.15, 0.2) is 0 Å². The molecule has 0 aliphatic carbocycles. The number of aryl methyl sites for hydroxylation is 1. The summed E-state index contributed by atoms with van der Waals surface area (Å²) < 4.78 is 53.3. The van der Waals surface area contributed by atoms with E-state index >= 15 is 0 Å². The zero-order chi connectivity index (χ0) is 14.9. The molecule has 2 aromatic rings. The average Bonchev–Trinajstić information content (AvgIpc) is 2.32. The van der Waals surface area contributed by atoms with Gasteiger partial charge in [-0.25, -0.2) is 17.2 Å². The van der Waals surface area contributed by atoms with Gasteiger partial charge < -0.3 is 0 Å². The maximum atomic E-state index is 13.1. The Bertz CT molecular complexity index is 743. The molecule has 0 saturated heterocycles. The predicted octanol–water partition coefficient (Wildman–Crippen LogP) is 3.84. The molecule has 0 fully saturated rings. The van der Waals surface area contributed by atoms with Crippen molar-refractivity contribution in [1.82, 2.24) is 0 Å². The van der Waals surface area contributed by atoms with E-state index in [2.05, 4.69) is 20.7 Å². The lowest BCUT2D eigenvalue weighted by atomic mass is 10.2. The normalized spacial score (nSPS) is 11.4. The molecule has 0 aliphatic rings. The third-order valence-electron chi connectivity index (χ3n) is 2.56. The Morgan fingerprint density at radius 1 is 1.05 bits per heavy atom. The van der Waals surface area contributed by atoms with Gasteiger partial charge in [-0.2, -0.15) is 0 Å². The molecule has 3 nitrogen and oxygen atoms in total. The SMILES string of the molecule is Cc1cc(NS(=O)(=O)c2cc(F)cc(F)c2)ccc1Br. The Morgan fingerprint density at radius 2 is 1.65 bits per heavy atom. The Labute approximate surface area is 123 Å². The van der Waals surface area contributed by atoms with Gasteiger partial charge in [-0.15, -0.1) is 0 Å². The fourth-order valence-corrected chi connectivity index (χ4v) is 2.94. The van der Waals surface area contributed by atoms with E-state index in [1.54, 1.807) is 25.1 Å². The summed E-state index contributed by atoms with van der Waals surface area (Å²) in [7, 11) is -4.03. The van der Waals surface area contributed by atoms with Crippen molar-refractivity contribution >= 4 is 31.6 Å². The fourth-order valence-electron chi connectivity index (χ4n) is 1.61. The first-order chi connectivity index (χ1) is 9.28. The summed E-state index contributed by atoms with van der Waals surface area (Å²) in [4.78, 5) is -0.462. The molecule has 1 N–H and O–H groups in total. The van der Waals surface area contributed by atoms with E-state index in [4.69, 9.17) is 0 Å². The molecule has 0 aliphatic heterocycles. The summed E-state index contributed by atoms with van der Waals surface area (Å²) in [5.74, 6) is -1.89. The molecule has 0 heterocycles. The lowest BCUT2D eigenvalue weighted by Crippen LogP contribution is -2.13. The Morgan fingerprint density at radius 3 is 2.20 bits per heavy atom. The van der Waals surface area contributed by atoms with Crippen LogP contribution < -0.4 is 4.72 Å². The van der Waals surface area contributed by atoms with Crippen LogP contribution in [-0.2, 0) is 10.0 Å². The standard InChI is InChI=1S/C13H10BrF2NO2S/c1-8-4-11(2-3-13(8)14)17-20(18,19)12-6-9(15)5-10(16)7-12/h2-7,17H,1H3. The molecule has 7 heteroatoms. The van der Waals surface area contributed by atoms with Gasteiger partial charge in [0, 0.05) is 16.2 Å². The number of anilines is 1. The molecule has 20 heavy (non-hydrogen) atoms. The lowest BCUT2D eigenvalue weighted by molar-refractivity contribution is 0.568. The van der Waals surface area contributed by atoms with Crippen molar-refractivity contribution in [2.24, 2.45) is 0 Å². The topological polar surface area (TPSA) is 46.2 Å². The van der Waals surface area contributed by atoms with Crippen molar-refractivity contribution in [3.8, 4) is 0 Å². The minimum atomic E-state index is -4.03. The average molecular weight is 362 g/mol. The molecule has 2 rings (SSSR count). The monoisotopic (exact) mass is 361 g/mol. The van der Waals surface area contributed by atoms with Gasteiger partial charge in [-0.3, -0.25) is 4.72 Å².